The number of aryl methyl sites for hydroxylation is 1. The Morgan fingerprint density at radius 2 is 1.79 bits per heavy atom. The molecule has 0 atom stereocenters. The molecule has 0 saturated carbocycles. The first-order chi connectivity index (χ1) is 18.3. The Hall–Kier alpha value is -4.80. The highest BCUT2D eigenvalue weighted by molar-refractivity contribution is 6.01. The molecule has 0 amide bonds. The van der Waals surface area contributed by atoms with Gasteiger partial charge in [-0.15, -0.1) is 0 Å². The molecule has 0 aliphatic rings. The lowest BCUT2D eigenvalue weighted by molar-refractivity contribution is -0.141. The van der Waals surface area contributed by atoms with Crippen molar-refractivity contribution in [1.29, 1.82) is 0 Å². The number of pyridine rings is 2. The van der Waals surface area contributed by atoms with Crippen LogP contribution < -0.4 is 4.74 Å². The molecule has 6 rings (SSSR count). The van der Waals surface area contributed by atoms with E-state index in [1.807, 2.05) is 52.7 Å². The Labute approximate surface area is 214 Å². The van der Waals surface area contributed by atoms with E-state index in [0.717, 1.165) is 33.8 Å². The summed E-state index contributed by atoms with van der Waals surface area (Å²) >= 11 is 0. The number of benzene rings is 1. The van der Waals surface area contributed by atoms with Gasteiger partial charge in [0, 0.05) is 30.4 Å². The summed E-state index contributed by atoms with van der Waals surface area (Å²) in [6, 6.07) is 13.1. The molecule has 0 N–H and O–H groups in total. The molecule has 11 heteroatoms. The molecule has 1 aromatic carbocycles. The second-order valence-corrected chi connectivity index (χ2v) is 8.74. The normalized spacial score (nSPS) is 11.9. The van der Waals surface area contributed by atoms with Crippen LogP contribution in [0.2, 0.25) is 0 Å². The molecule has 0 saturated heterocycles. The summed E-state index contributed by atoms with van der Waals surface area (Å²) in [4.78, 5) is 22.0. The van der Waals surface area contributed by atoms with Crippen molar-refractivity contribution in [1.82, 2.24) is 34.1 Å². The molecule has 190 valence electrons. The first kappa shape index (κ1) is 23.6. The van der Waals surface area contributed by atoms with Crippen LogP contribution in [0.25, 0.3) is 44.8 Å². The number of hydrogen-bond donors (Lipinski definition) is 0. The van der Waals surface area contributed by atoms with Crippen molar-refractivity contribution >= 4 is 22.1 Å². The summed E-state index contributed by atoms with van der Waals surface area (Å²) < 4.78 is 49.3. The number of nitrogens with zero attached hydrogens (tertiary/aromatic N) is 7. The van der Waals surface area contributed by atoms with Gasteiger partial charge >= 0.3 is 6.18 Å². The summed E-state index contributed by atoms with van der Waals surface area (Å²) in [7, 11) is 3.49. The zero-order valence-electron chi connectivity index (χ0n) is 20.3. The topological polar surface area (TPSA) is 83.5 Å². The molecule has 38 heavy (non-hydrogen) atoms. The maximum Gasteiger partial charge on any atom is 0.433 e. The minimum Gasteiger partial charge on any atom is -0.497 e. The van der Waals surface area contributed by atoms with Gasteiger partial charge in [-0.1, -0.05) is 18.2 Å². The third kappa shape index (κ3) is 4.11. The van der Waals surface area contributed by atoms with Crippen molar-refractivity contribution in [3.8, 4) is 28.5 Å². The fourth-order valence-corrected chi connectivity index (χ4v) is 4.42. The van der Waals surface area contributed by atoms with Gasteiger partial charge < -0.3 is 13.9 Å². The minimum atomic E-state index is -4.60. The van der Waals surface area contributed by atoms with Gasteiger partial charge in [-0.3, -0.25) is 4.98 Å². The van der Waals surface area contributed by atoms with Crippen LogP contribution in [0.4, 0.5) is 13.2 Å². The lowest BCUT2D eigenvalue weighted by Gasteiger charge is -2.10. The molecule has 0 bridgehead atoms. The molecule has 0 aliphatic heterocycles. The number of hydrogen-bond acceptors (Lipinski definition) is 6. The first-order valence-electron chi connectivity index (χ1n) is 11.6. The summed E-state index contributed by atoms with van der Waals surface area (Å²) in [6.45, 7) is 0.436. The predicted octanol–water partition coefficient (Wildman–Crippen LogP) is 5.52. The first-order valence-corrected chi connectivity index (χ1v) is 11.6. The van der Waals surface area contributed by atoms with Gasteiger partial charge in [-0.2, -0.15) is 13.2 Å². The monoisotopic (exact) mass is 515 g/mol. The minimum absolute atomic E-state index is 0.0158. The molecule has 0 fully saturated rings. The quantitative estimate of drug-likeness (QED) is 0.301. The highest BCUT2D eigenvalue weighted by Crippen LogP contribution is 2.35. The number of alkyl halides is 3. The van der Waals surface area contributed by atoms with E-state index in [1.54, 1.807) is 25.8 Å². The lowest BCUT2D eigenvalue weighted by Crippen LogP contribution is -2.09. The number of aromatic nitrogens is 7. The van der Waals surface area contributed by atoms with Crippen LogP contribution in [-0.2, 0) is 19.8 Å². The summed E-state index contributed by atoms with van der Waals surface area (Å²) in [6.07, 6.45) is 2.39. The van der Waals surface area contributed by atoms with E-state index in [2.05, 4.69) is 19.9 Å². The van der Waals surface area contributed by atoms with Gasteiger partial charge in [0.15, 0.2) is 11.5 Å². The van der Waals surface area contributed by atoms with Gasteiger partial charge in [-0.25, -0.2) is 19.9 Å². The molecule has 0 unspecified atom stereocenters. The van der Waals surface area contributed by atoms with E-state index in [1.165, 1.54) is 12.1 Å². The zero-order valence-corrected chi connectivity index (χ0v) is 20.3. The van der Waals surface area contributed by atoms with Gasteiger partial charge in [0.2, 0.25) is 0 Å². The van der Waals surface area contributed by atoms with Gasteiger partial charge in [0.25, 0.3) is 0 Å². The summed E-state index contributed by atoms with van der Waals surface area (Å²) in [5, 5.41) is 0.884. The van der Waals surface area contributed by atoms with Crippen LogP contribution in [-0.4, -0.2) is 41.2 Å². The molecule has 0 aliphatic carbocycles. The standard InChI is InChI=1S/C27H20F3N7O/c1-36-14-19(18-10-11-31-12-21(18)36)23-24-26(37(15-32-24)13-16-6-8-17(38-2)9-7-16)35-25(34-23)20-4-3-5-22(33-20)27(28,29)30/h3-12,14-15H,13H2,1-2H3. The largest absolute Gasteiger partial charge is 0.497 e. The second-order valence-electron chi connectivity index (χ2n) is 8.74. The molecule has 8 nitrogen and oxygen atoms in total. The number of fused-ring (bicyclic) bond motifs is 2. The van der Waals surface area contributed by atoms with E-state index in [0.29, 0.717) is 23.4 Å². The highest BCUT2D eigenvalue weighted by atomic mass is 19.4. The van der Waals surface area contributed by atoms with Crippen molar-refractivity contribution in [3.05, 3.63) is 84.7 Å². The summed E-state index contributed by atoms with van der Waals surface area (Å²) in [5.74, 6) is 0.804. The van der Waals surface area contributed by atoms with Crippen LogP contribution in [0.1, 0.15) is 11.3 Å². The highest BCUT2D eigenvalue weighted by Gasteiger charge is 2.33. The SMILES string of the molecule is COc1ccc(Cn2cnc3c(-c4cn(C)c5cnccc45)nc(-c4cccc(C(F)(F)F)n4)nc32)cc1. The average molecular weight is 515 g/mol. The third-order valence-corrected chi connectivity index (χ3v) is 6.29. The smallest absolute Gasteiger partial charge is 0.433 e. The average Bonchev–Trinajstić information content (AvgIpc) is 3.49. The predicted molar refractivity (Wildman–Crippen MR) is 135 cm³/mol. The number of halogens is 3. The fourth-order valence-electron chi connectivity index (χ4n) is 4.42. The molecule has 0 spiro atoms. The Morgan fingerprint density at radius 1 is 0.974 bits per heavy atom. The Morgan fingerprint density at radius 3 is 2.55 bits per heavy atom. The fraction of sp³-hybridized carbons (Fsp3) is 0.148. The van der Waals surface area contributed by atoms with Crippen LogP contribution in [0, 0.1) is 0 Å². The van der Waals surface area contributed by atoms with Crippen molar-refractivity contribution in [2.24, 2.45) is 7.05 Å². The van der Waals surface area contributed by atoms with Crippen molar-refractivity contribution in [2.45, 2.75) is 12.7 Å². The molecule has 5 aromatic heterocycles. The molecule has 0 radical (unpaired) electrons. The zero-order chi connectivity index (χ0) is 26.4. The Balaban J connectivity index is 1.57. The van der Waals surface area contributed by atoms with E-state index in [9.17, 15) is 13.2 Å². The van der Waals surface area contributed by atoms with E-state index >= 15 is 0 Å². The van der Waals surface area contributed by atoms with Crippen molar-refractivity contribution in [3.63, 3.8) is 0 Å². The number of ether oxygens (including phenoxy) is 1. The Kier molecular flexibility index (Phi) is 5.55. The van der Waals surface area contributed by atoms with Crippen LogP contribution in [0.15, 0.2) is 73.4 Å². The van der Waals surface area contributed by atoms with Crippen LogP contribution >= 0.6 is 0 Å². The van der Waals surface area contributed by atoms with E-state index in [4.69, 9.17) is 9.72 Å². The van der Waals surface area contributed by atoms with Gasteiger partial charge in [-0.05, 0) is 35.9 Å². The van der Waals surface area contributed by atoms with E-state index < -0.39 is 11.9 Å². The third-order valence-electron chi connectivity index (χ3n) is 6.29. The Bertz CT molecular complexity index is 1790. The van der Waals surface area contributed by atoms with Crippen molar-refractivity contribution in [2.75, 3.05) is 7.11 Å². The number of methoxy groups -OCH3 is 1. The van der Waals surface area contributed by atoms with Gasteiger partial charge in [0.05, 0.1) is 31.7 Å². The summed E-state index contributed by atoms with van der Waals surface area (Å²) in [5.41, 5.74) is 3.12. The lowest BCUT2D eigenvalue weighted by atomic mass is 10.1. The molecule has 5 heterocycles. The molecular weight excluding hydrogens is 495 g/mol. The van der Waals surface area contributed by atoms with Crippen LogP contribution in [0.5, 0.6) is 5.75 Å². The molecule has 6 aromatic rings. The van der Waals surface area contributed by atoms with Crippen molar-refractivity contribution < 1.29 is 17.9 Å². The van der Waals surface area contributed by atoms with E-state index in [-0.39, 0.29) is 11.5 Å². The number of imidazole rings is 1. The maximum absolute atomic E-state index is 13.4. The maximum atomic E-state index is 13.4. The number of rotatable bonds is 5. The van der Waals surface area contributed by atoms with Crippen LogP contribution in [0.3, 0.4) is 0 Å². The second kappa shape index (κ2) is 8.94. The van der Waals surface area contributed by atoms with Gasteiger partial charge in [0.1, 0.15) is 28.3 Å². The molecular formula is C27H20F3N7O.